The van der Waals surface area contributed by atoms with Crippen molar-refractivity contribution in [3.05, 3.63) is 80.9 Å². The third kappa shape index (κ3) is 4.70. The number of carbonyl (C=O) groups is 1. The molecule has 9 heteroatoms. The standard InChI is InChI=1S/C26H24ClN5O3/c1-16-13-21-22(15-20(16)27)30-25(29-21)17-5-8-19(9-6-17)28-26(33)18-7-10-23(24(14-18)32(34)35)31-11-3-2-4-12-31/h5-10,13-15H,2-4,11-12H2,1H3,(H,28,33)(H,29,30). The lowest BCUT2D eigenvalue weighted by molar-refractivity contribution is -0.384. The molecule has 5 rings (SSSR count). The van der Waals surface area contributed by atoms with E-state index >= 15 is 0 Å². The molecule has 8 nitrogen and oxygen atoms in total. The molecule has 1 saturated heterocycles. The van der Waals surface area contributed by atoms with Crippen LogP contribution in [0.4, 0.5) is 17.1 Å². The number of nitro groups is 1. The molecule has 1 amide bonds. The van der Waals surface area contributed by atoms with Gasteiger partial charge in [-0.15, -0.1) is 0 Å². The van der Waals surface area contributed by atoms with Crippen molar-refractivity contribution in [2.24, 2.45) is 0 Å². The van der Waals surface area contributed by atoms with Crippen molar-refractivity contribution in [2.45, 2.75) is 26.2 Å². The molecule has 1 fully saturated rings. The van der Waals surface area contributed by atoms with Gasteiger partial charge in [-0.25, -0.2) is 4.98 Å². The molecule has 4 aromatic rings. The van der Waals surface area contributed by atoms with Gasteiger partial charge in [0.1, 0.15) is 11.5 Å². The van der Waals surface area contributed by atoms with Gasteiger partial charge in [-0.1, -0.05) is 11.6 Å². The van der Waals surface area contributed by atoms with E-state index in [9.17, 15) is 14.9 Å². The largest absolute Gasteiger partial charge is 0.366 e. The van der Waals surface area contributed by atoms with E-state index < -0.39 is 10.8 Å². The van der Waals surface area contributed by atoms with Gasteiger partial charge in [0.05, 0.1) is 16.0 Å². The third-order valence-electron chi connectivity index (χ3n) is 6.31. The second-order valence-corrected chi connectivity index (χ2v) is 9.15. The van der Waals surface area contributed by atoms with Crippen molar-refractivity contribution in [3.8, 4) is 11.4 Å². The lowest BCUT2D eigenvalue weighted by Gasteiger charge is -2.28. The molecule has 2 N–H and O–H groups in total. The minimum atomic E-state index is -0.419. The fourth-order valence-corrected chi connectivity index (χ4v) is 4.56. The minimum absolute atomic E-state index is 0.0462. The summed E-state index contributed by atoms with van der Waals surface area (Å²) in [6.45, 7) is 3.52. The van der Waals surface area contributed by atoms with Gasteiger partial charge in [-0.05, 0) is 80.3 Å². The summed E-state index contributed by atoms with van der Waals surface area (Å²) < 4.78 is 0. The average molecular weight is 490 g/mol. The quantitative estimate of drug-likeness (QED) is 0.251. The number of carbonyl (C=O) groups excluding carboxylic acids is 1. The number of piperidine rings is 1. The molecule has 0 unspecified atom stereocenters. The normalized spacial score (nSPS) is 13.7. The van der Waals surface area contributed by atoms with Gasteiger partial charge < -0.3 is 15.2 Å². The zero-order valence-corrected chi connectivity index (χ0v) is 19.9. The van der Waals surface area contributed by atoms with Crippen LogP contribution in [0.3, 0.4) is 0 Å². The molecule has 1 aromatic heterocycles. The first-order valence-electron chi connectivity index (χ1n) is 11.5. The van der Waals surface area contributed by atoms with Gasteiger partial charge in [-0.2, -0.15) is 0 Å². The van der Waals surface area contributed by atoms with Crippen molar-refractivity contribution in [2.75, 3.05) is 23.3 Å². The van der Waals surface area contributed by atoms with Crippen LogP contribution in [0.15, 0.2) is 54.6 Å². The van der Waals surface area contributed by atoms with E-state index in [0.29, 0.717) is 22.2 Å². The Labute approximate surface area is 207 Å². The van der Waals surface area contributed by atoms with E-state index in [1.54, 1.807) is 24.3 Å². The molecule has 0 bridgehead atoms. The predicted octanol–water partition coefficient (Wildman–Crippen LogP) is 6.34. The van der Waals surface area contributed by atoms with E-state index in [4.69, 9.17) is 11.6 Å². The van der Waals surface area contributed by atoms with E-state index in [1.165, 1.54) is 6.07 Å². The number of aromatic amines is 1. The minimum Gasteiger partial charge on any atom is -0.366 e. The van der Waals surface area contributed by atoms with Gasteiger partial charge in [-0.3, -0.25) is 14.9 Å². The average Bonchev–Trinajstić information content (AvgIpc) is 3.27. The predicted molar refractivity (Wildman–Crippen MR) is 138 cm³/mol. The summed E-state index contributed by atoms with van der Waals surface area (Å²) in [4.78, 5) is 34.0. The fraction of sp³-hybridized carbons (Fsp3) is 0.231. The third-order valence-corrected chi connectivity index (χ3v) is 6.72. The molecule has 2 heterocycles. The first-order valence-corrected chi connectivity index (χ1v) is 11.9. The highest BCUT2D eigenvalue weighted by Gasteiger charge is 2.23. The van der Waals surface area contributed by atoms with Crippen molar-refractivity contribution in [3.63, 3.8) is 0 Å². The van der Waals surface area contributed by atoms with Crippen molar-refractivity contribution >= 4 is 45.6 Å². The maximum atomic E-state index is 12.8. The summed E-state index contributed by atoms with van der Waals surface area (Å²) in [6.07, 6.45) is 3.15. The number of nitrogens with one attached hydrogen (secondary N) is 2. The number of imidazole rings is 1. The van der Waals surface area contributed by atoms with Crippen LogP contribution in [-0.4, -0.2) is 33.9 Å². The Bertz CT molecular complexity index is 1390. The van der Waals surface area contributed by atoms with E-state index in [-0.39, 0.29) is 11.3 Å². The van der Waals surface area contributed by atoms with Crippen LogP contribution >= 0.6 is 11.6 Å². The molecule has 1 aliphatic heterocycles. The Balaban J connectivity index is 1.33. The maximum absolute atomic E-state index is 12.8. The second kappa shape index (κ2) is 9.38. The second-order valence-electron chi connectivity index (χ2n) is 8.74. The summed E-state index contributed by atoms with van der Waals surface area (Å²) in [6, 6.07) is 15.7. The number of hydrogen-bond acceptors (Lipinski definition) is 5. The monoisotopic (exact) mass is 489 g/mol. The van der Waals surface area contributed by atoms with Gasteiger partial charge in [0.2, 0.25) is 0 Å². The SMILES string of the molecule is Cc1cc2[nH]c(-c3ccc(NC(=O)c4ccc(N5CCCCC5)c([N+](=O)[O-])c4)cc3)nc2cc1Cl. The number of nitrogens with zero attached hydrogens (tertiary/aromatic N) is 3. The number of benzene rings is 3. The van der Waals surface area contributed by atoms with Crippen LogP contribution in [0.2, 0.25) is 5.02 Å². The van der Waals surface area contributed by atoms with Crippen molar-refractivity contribution in [1.82, 2.24) is 9.97 Å². The molecule has 3 aromatic carbocycles. The van der Waals surface area contributed by atoms with Crippen LogP contribution in [0, 0.1) is 17.0 Å². The number of nitro benzene ring substituents is 1. The number of aromatic nitrogens is 2. The van der Waals surface area contributed by atoms with Gasteiger partial charge in [0, 0.05) is 41.0 Å². The Morgan fingerprint density at radius 2 is 1.83 bits per heavy atom. The number of anilines is 2. The molecule has 1 aliphatic rings. The number of halogens is 1. The Morgan fingerprint density at radius 1 is 1.09 bits per heavy atom. The summed E-state index contributed by atoms with van der Waals surface area (Å²) in [7, 11) is 0. The Hall–Kier alpha value is -3.91. The Morgan fingerprint density at radius 3 is 2.54 bits per heavy atom. The number of hydrogen-bond donors (Lipinski definition) is 2. The summed E-state index contributed by atoms with van der Waals surface area (Å²) in [5.41, 5.74) is 4.85. The first-order chi connectivity index (χ1) is 16.9. The molecule has 35 heavy (non-hydrogen) atoms. The Kier molecular flexibility index (Phi) is 6.13. The van der Waals surface area contributed by atoms with E-state index in [0.717, 1.165) is 54.5 Å². The molecule has 178 valence electrons. The zero-order valence-electron chi connectivity index (χ0n) is 19.2. The van der Waals surface area contributed by atoms with E-state index in [2.05, 4.69) is 15.3 Å². The summed E-state index contributed by atoms with van der Waals surface area (Å²) >= 11 is 6.20. The van der Waals surface area contributed by atoms with Crippen LogP contribution in [-0.2, 0) is 0 Å². The lowest BCUT2D eigenvalue weighted by atomic mass is 10.1. The molecule has 0 atom stereocenters. The number of aryl methyl sites for hydroxylation is 1. The highest BCUT2D eigenvalue weighted by molar-refractivity contribution is 6.32. The van der Waals surface area contributed by atoms with Crippen LogP contribution in [0.25, 0.3) is 22.4 Å². The highest BCUT2D eigenvalue weighted by Crippen LogP contribution is 2.32. The van der Waals surface area contributed by atoms with Crippen LogP contribution in [0.5, 0.6) is 0 Å². The smallest absolute Gasteiger partial charge is 0.293 e. The van der Waals surface area contributed by atoms with Crippen molar-refractivity contribution < 1.29 is 9.72 Å². The molecule has 0 radical (unpaired) electrons. The zero-order chi connectivity index (χ0) is 24.5. The number of amides is 1. The number of H-pyrrole nitrogens is 1. The lowest BCUT2D eigenvalue weighted by Crippen LogP contribution is -2.30. The highest BCUT2D eigenvalue weighted by atomic mass is 35.5. The van der Waals surface area contributed by atoms with E-state index in [1.807, 2.05) is 36.1 Å². The molecular formula is C26H24ClN5O3. The first kappa shape index (κ1) is 22.9. The molecule has 0 aliphatic carbocycles. The number of rotatable bonds is 5. The molecular weight excluding hydrogens is 466 g/mol. The fourth-order valence-electron chi connectivity index (χ4n) is 4.40. The van der Waals surface area contributed by atoms with Gasteiger partial charge in [0.15, 0.2) is 0 Å². The van der Waals surface area contributed by atoms with Crippen LogP contribution in [0.1, 0.15) is 35.2 Å². The summed E-state index contributed by atoms with van der Waals surface area (Å²) in [5, 5.41) is 15.2. The van der Waals surface area contributed by atoms with Gasteiger partial charge in [0.25, 0.3) is 11.6 Å². The maximum Gasteiger partial charge on any atom is 0.293 e. The topological polar surface area (TPSA) is 104 Å². The number of fused-ring (bicyclic) bond motifs is 1. The summed E-state index contributed by atoms with van der Waals surface area (Å²) in [5.74, 6) is 0.295. The van der Waals surface area contributed by atoms with Gasteiger partial charge >= 0.3 is 0 Å². The molecule has 0 saturated carbocycles. The van der Waals surface area contributed by atoms with Crippen LogP contribution < -0.4 is 10.2 Å². The van der Waals surface area contributed by atoms with Crippen molar-refractivity contribution in [1.29, 1.82) is 0 Å². The molecule has 0 spiro atoms.